The van der Waals surface area contributed by atoms with Gasteiger partial charge in [0.25, 0.3) is 0 Å². The molecule has 0 saturated heterocycles. The Morgan fingerprint density at radius 2 is 1.41 bits per heavy atom. The fourth-order valence-electron chi connectivity index (χ4n) is 4.36. The largest absolute Gasteiger partial charge is 0.490 e. The smallest absolute Gasteiger partial charge is 0.475 e. The summed E-state index contributed by atoms with van der Waals surface area (Å²) in [5.41, 5.74) is -0.404. The number of benzene rings is 2. The van der Waals surface area contributed by atoms with E-state index in [4.69, 9.17) is 18.3 Å². The molecule has 1 aliphatic rings. The molecule has 0 amide bonds. The highest BCUT2D eigenvalue weighted by atomic mass is 31.2. The number of halogens is 3. The molecule has 1 fully saturated rings. The molecular weight excluding hydrogens is 504 g/mol. The Hall–Kier alpha value is -1.60. The summed E-state index contributed by atoms with van der Waals surface area (Å²) in [6.07, 6.45) is -3.29. The second-order valence-electron chi connectivity index (χ2n) is 12.0. The predicted octanol–water partition coefficient (Wildman–Crippen LogP) is 9.20. The van der Waals surface area contributed by atoms with Crippen LogP contribution in [0.25, 0.3) is 10.8 Å². The minimum atomic E-state index is -4.12. The number of phosphoric ester groups is 1. The zero-order valence-electron chi connectivity index (χ0n) is 22.9. The lowest BCUT2D eigenvalue weighted by molar-refractivity contribution is -0.185. The summed E-state index contributed by atoms with van der Waals surface area (Å²) in [5, 5.41) is 1.97. The third kappa shape index (κ3) is 9.27. The van der Waals surface area contributed by atoms with Crippen molar-refractivity contribution in [3.63, 3.8) is 0 Å². The molecule has 0 bridgehead atoms. The first-order valence-electron chi connectivity index (χ1n) is 12.9. The molecule has 0 spiro atoms. The standard InChI is InChI=1S/C28H40F3O5P/c1-19(18-33-37(32,35-26(2,3)4)36-27(5,6)7)20-8-9-22-17-25(13-10-21(22)16-20)34-24-14-11-23(12-15-24)28(29,30)31/h8-10,13,16-17,19,23-24H,11-12,14-15,18H2,1-7H3. The quantitative estimate of drug-likeness (QED) is 0.310. The van der Waals surface area contributed by atoms with Gasteiger partial charge >= 0.3 is 14.0 Å². The minimum Gasteiger partial charge on any atom is -0.490 e. The lowest BCUT2D eigenvalue weighted by atomic mass is 9.87. The van der Waals surface area contributed by atoms with E-state index in [-0.39, 0.29) is 31.5 Å². The van der Waals surface area contributed by atoms with Crippen molar-refractivity contribution in [3.8, 4) is 5.75 Å². The summed E-state index contributed by atoms with van der Waals surface area (Å²) >= 11 is 0. The van der Waals surface area contributed by atoms with E-state index >= 15 is 0 Å². The van der Waals surface area contributed by atoms with Crippen LogP contribution in [-0.4, -0.2) is 30.1 Å². The predicted molar refractivity (Wildman–Crippen MR) is 140 cm³/mol. The topological polar surface area (TPSA) is 54.0 Å². The third-order valence-corrected chi connectivity index (χ3v) is 8.11. The molecule has 2 aromatic rings. The summed E-state index contributed by atoms with van der Waals surface area (Å²) in [4.78, 5) is 0. The molecule has 1 unspecified atom stereocenters. The monoisotopic (exact) mass is 544 g/mol. The maximum atomic E-state index is 13.3. The highest BCUT2D eigenvalue weighted by Gasteiger charge is 2.42. The fraction of sp³-hybridized carbons (Fsp3) is 0.643. The van der Waals surface area contributed by atoms with E-state index in [1.54, 1.807) is 41.5 Å². The van der Waals surface area contributed by atoms with Gasteiger partial charge in [-0.25, -0.2) is 4.57 Å². The summed E-state index contributed by atoms with van der Waals surface area (Å²) in [5.74, 6) is -0.640. The van der Waals surface area contributed by atoms with E-state index in [0.29, 0.717) is 18.6 Å². The SMILES string of the molecule is CC(COP(=O)(OC(C)(C)C)OC(C)(C)C)c1ccc2cc(OC3CCC(C(F)(F)F)CC3)ccc2c1. The maximum absolute atomic E-state index is 13.3. The van der Waals surface area contributed by atoms with E-state index in [1.165, 1.54) is 0 Å². The first-order chi connectivity index (χ1) is 16.9. The molecule has 0 radical (unpaired) electrons. The van der Waals surface area contributed by atoms with E-state index < -0.39 is 31.1 Å². The molecular formula is C28H40F3O5P. The average Bonchev–Trinajstić information content (AvgIpc) is 2.74. The first kappa shape index (κ1) is 29.9. The van der Waals surface area contributed by atoms with Crippen molar-refractivity contribution >= 4 is 18.6 Å². The highest BCUT2D eigenvalue weighted by Crippen LogP contribution is 2.55. The van der Waals surface area contributed by atoms with Crippen LogP contribution >= 0.6 is 7.82 Å². The van der Waals surface area contributed by atoms with Crippen molar-refractivity contribution in [2.45, 2.75) is 104 Å². The molecule has 0 heterocycles. The van der Waals surface area contributed by atoms with Crippen molar-refractivity contribution in [2.75, 3.05) is 6.61 Å². The van der Waals surface area contributed by atoms with Crippen LogP contribution in [0.5, 0.6) is 5.75 Å². The zero-order chi connectivity index (χ0) is 27.6. The second-order valence-corrected chi connectivity index (χ2v) is 13.5. The molecule has 0 aliphatic heterocycles. The van der Waals surface area contributed by atoms with Gasteiger partial charge in [-0.2, -0.15) is 13.2 Å². The van der Waals surface area contributed by atoms with Crippen molar-refractivity contribution in [2.24, 2.45) is 5.92 Å². The van der Waals surface area contributed by atoms with Crippen molar-refractivity contribution in [1.82, 2.24) is 0 Å². The first-order valence-corrected chi connectivity index (χ1v) is 14.3. The van der Waals surface area contributed by atoms with Crippen molar-refractivity contribution in [1.29, 1.82) is 0 Å². The molecule has 208 valence electrons. The van der Waals surface area contributed by atoms with Crippen LogP contribution in [-0.2, 0) is 18.1 Å². The van der Waals surface area contributed by atoms with Crippen LogP contribution in [0.1, 0.15) is 85.6 Å². The summed E-state index contributed by atoms with van der Waals surface area (Å²) < 4.78 is 75.3. The van der Waals surface area contributed by atoms with Crippen LogP contribution in [0, 0.1) is 5.92 Å². The normalized spacial score (nSPS) is 20.7. The van der Waals surface area contributed by atoms with Gasteiger partial charge in [0.05, 0.1) is 29.8 Å². The van der Waals surface area contributed by atoms with Crippen molar-refractivity contribution in [3.05, 3.63) is 42.0 Å². The van der Waals surface area contributed by atoms with Gasteiger partial charge in [0.15, 0.2) is 0 Å². The van der Waals surface area contributed by atoms with E-state index in [1.807, 2.05) is 43.3 Å². The van der Waals surface area contributed by atoms with Crippen molar-refractivity contribution < 1.29 is 36.0 Å². The van der Waals surface area contributed by atoms with Gasteiger partial charge in [-0.1, -0.05) is 31.2 Å². The van der Waals surface area contributed by atoms with Gasteiger partial charge in [0.1, 0.15) is 5.75 Å². The summed E-state index contributed by atoms with van der Waals surface area (Å²) in [6, 6.07) is 11.7. The van der Waals surface area contributed by atoms with E-state index in [0.717, 1.165) is 16.3 Å². The van der Waals surface area contributed by atoms with Gasteiger partial charge in [-0.15, -0.1) is 0 Å². The number of phosphoric acid groups is 1. The Kier molecular flexibility index (Phi) is 9.11. The summed E-state index contributed by atoms with van der Waals surface area (Å²) in [6.45, 7) is 12.9. The van der Waals surface area contributed by atoms with Gasteiger partial charge in [0, 0.05) is 5.92 Å². The Morgan fingerprint density at radius 3 is 1.95 bits per heavy atom. The van der Waals surface area contributed by atoms with Gasteiger partial charge in [-0.05, 0) is 95.7 Å². The maximum Gasteiger partial charge on any atom is 0.475 e. The fourth-order valence-corrected chi connectivity index (χ4v) is 6.25. The molecule has 37 heavy (non-hydrogen) atoms. The molecule has 2 aromatic carbocycles. The number of hydrogen-bond acceptors (Lipinski definition) is 5. The van der Waals surface area contributed by atoms with E-state index in [9.17, 15) is 17.7 Å². The molecule has 9 heteroatoms. The molecule has 1 aliphatic carbocycles. The Labute approximate surface area is 218 Å². The second kappa shape index (κ2) is 11.3. The molecule has 0 aromatic heterocycles. The van der Waals surface area contributed by atoms with Crippen LogP contribution < -0.4 is 4.74 Å². The molecule has 5 nitrogen and oxygen atoms in total. The Bertz CT molecular complexity index is 1080. The van der Waals surface area contributed by atoms with Crippen LogP contribution in [0.2, 0.25) is 0 Å². The number of hydrogen-bond donors (Lipinski definition) is 0. The molecule has 1 saturated carbocycles. The van der Waals surface area contributed by atoms with Gasteiger partial charge in [-0.3, -0.25) is 13.6 Å². The lowest BCUT2D eigenvalue weighted by Gasteiger charge is -2.31. The zero-order valence-corrected chi connectivity index (χ0v) is 23.7. The van der Waals surface area contributed by atoms with Gasteiger partial charge < -0.3 is 4.74 Å². The summed E-state index contributed by atoms with van der Waals surface area (Å²) in [7, 11) is -3.80. The van der Waals surface area contributed by atoms with E-state index in [2.05, 4.69) is 0 Å². The third-order valence-electron chi connectivity index (χ3n) is 6.10. The van der Waals surface area contributed by atoms with Crippen LogP contribution in [0.15, 0.2) is 36.4 Å². The molecule has 0 N–H and O–H groups in total. The average molecular weight is 545 g/mol. The number of ether oxygens (including phenoxy) is 1. The molecule has 1 atom stereocenters. The molecule has 3 rings (SSSR count). The highest BCUT2D eigenvalue weighted by molar-refractivity contribution is 7.48. The Balaban J connectivity index is 1.64. The van der Waals surface area contributed by atoms with Crippen LogP contribution in [0.4, 0.5) is 13.2 Å². The minimum absolute atomic E-state index is 0.0791. The number of fused-ring (bicyclic) bond motifs is 1. The Morgan fingerprint density at radius 1 is 0.865 bits per heavy atom. The number of alkyl halides is 3. The van der Waals surface area contributed by atoms with Crippen LogP contribution in [0.3, 0.4) is 0 Å². The lowest BCUT2D eigenvalue weighted by Crippen LogP contribution is -2.31. The van der Waals surface area contributed by atoms with Gasteiger partial charge in [0.2, 0.25) is 0 Å². The number of rotatable bonds is 8.